The molecule has 0 unspecified atom stereocenters. The highest BCUT2D eigenvalue weighted by atomic mass is 19.1. The van der Waals surface area contributed by atoms with Crippen LogP contribution in [0.4, 0.5) is 14.9 Å². The smallest absolute Gasteiger partial charge is 0.411 e. The van der Waals surface area contributed by atoms with Crippen LogP contribution >= 0.6 is 0 Å². The lowest BCUT2D eigenvalue weighted by Crippen LogP contribution is -2.47. The number of methoxy groups -OCH3 is 1. The summed E-state index contributed by atoms with van der Waals surface area (Å²) in [6.07, 6.45) is -1.51. The van der Waals surface area contributed by atoms with E-state index >= 15 is 0 Å². The summed E-state index contributed by atoms with van der Waals surface area (Å²) in [5.74, 6) is -1.23. The number of aryl methyl sites for hydroxylation is 1. The van der Waals surface area contributed by atoms with Crippen molar-refractivity contribution in [2.24, 2.45) is 0 Å². The van der Waals surface area contributed by atoms with Crippen LogP contribution in [0, 0.1) is 12.7 Å². The van der Waals surface area contributed by atoms with Crippen molar-refractivity contribution in [3.8, 4) is 0 Å². The van der Waals surface area contributed by atoms with Gasteiger partial charge in [-0.1, -0.05) is 42.0 Å². The Morgan fingerprint density at radius 2 is 1.78 bits per heavy atom. The number of benzene rings is 3. The molecule has 0 bridgehead atoms. The molecule has 2 N–H and O–H groups in total. The van der Waals surface area contributed by atoms with E-state index in [9.17, 15) is 18.8 Å². The van der Waals surface area contributed by atoms with E-state index in [1.54, 1.807) is 24.3 Å². The van der Waals surface area contributed by atoms with Crippen molar-refractivity contribution in [3.05, 3.63) is 101 Å². The molecule has 3 amide bonds. The summed E-state index contributed by atoms with van der Waals surface area (Å²) in [4.78, 5) is 40.2. The molecule has 8 nitrogen and oxygen atoms in total. The van der Waals surface area contributed by atoms with E-state index in [0.717, 1.165) is 11.1 Å². The third kappa shape index (κ3) is 6.31. The molecule has 4 rings (SSSR count). The van der Waals surface area contributed by atoms with Crippen molar-refractivity contribution < 1.29 is 28.2 Å². The third-order valence-electron chi connectivity index (χ3n) is 6.01. The number of carbonyl (C=O) groups excluding carboxylic acids is 3. The summed E-state index contributed by atoms with van der Waals surface area (Å²) in [5.41, 5.74) is 3.22. The molecule has 2 atom stereocenters. The molecule has 192 valence electrons. The quantitative estimate of drug-likeness (QED) is 0.425. The molecule has 0 aliphatic carbocycles. The van der Waals surface area contributed by atoms with Crippen LogP contribution in [0.2, 0.25) is 0 Å². The van der Waals surface area contributed by atoms with Gasteiger partial charge in [-0.25, -0.2) is 9.18 Å². The highest BCUT2D eigenvalue weighted by molar-refractivity contribution is 6.04. The normalized spacial score (nSPS) is 16.8. The first-order valence-corrected chi connectivity index (χ1v) is 11.8. The number of carbonyl (C=O) groups is 3. The van der Waals surface area contributed by atoms with Crippen LogP contribution in [0.3, 0.4) is 0 Å². The fourth-order valence-electron chi connectivity index (χ4n) is 4.08. The predicted molar refractivity (Wildman–Crippen MR) is 135 cm³/mol. The minimum atomic E-state index is -0.936. The molecule has 3 aromatic rings. The summed E-state index contributed by atoms with van der Waals surface area (Å²) in [7, 11) is 1.53. The fourth-order valence-corrected chi connectivity index (χ4v) is 4.08. The second-order valence-electron chi connectivity index (χ2n) is 8.73. The fraction of sp³-hybridized carbons (Fsp3) is 0.250. The zero-order valence-electron chi connectivity index (χ0n) is 20.6. The maximum absolute atomic E-state index is 13.2. The number of amides is 3. The molecular weight excluding hydrogens is 477 g/mol. The molecule has 0 radical (unpaired) electrons. The largest absolute Gasteiger partial charge is 0.438 e. The van der Waals surface area contributed by atoms with Crippen LogP contribution < -0.4 is 10.6 Å². The van der Waals surface area contributed by atoms with Gasteiger partial charge < -0.3 is 20.1 Å². The Bertz CT molecular complexity index is 1260. The maximum Gasteiger partial charge on any atom is 0.411 e. The second-order valence-corrected chi connectivity index (χ2v) is 8.73. The lowest BCUT2D eigenvalue weighted by Gasteiger charge is -2.24. The van der Waals surface area contributed by atoms with Gasteiger partial charge in [0.1, 0.15) is 5.82 Å². The summed E-state index contributed by atoms with van der Waals surface area (Å²) in [6, 6.07) is 18.7. The highest BCUT2D eigenvalue weighted by Crippen LogP contribution is 2.35. The van der Waals surface area contributed by atoms with Crippen molar-refractivity contribution in [1.29, 1.82) is 0 Å². The molecular formula is C28H28FN3O5. The molecule has 0 aromatic heterocycles. The topological polar surface area (TPSA) is 97.0 Å². The lowest BCUT2D eigenvalue weighted by atomic mass is 10.00. The van der Waals surface area contributed by atoms with Crippen LogP contribution in [-0.4, -0.2) is 49.1 Å². The van der Waals surface area contributed by atoms with Crippen LogP contribution in [0.25, 0.3) is 0 Å². The van der Waals surface area contributed by atoms with Crippen molar-refractivity contribution in [3.63, 3.8) is 0 Å². The molecule has 1 aliphatic heterocycles. The van der Waals surface area contributed by atoms with Crippen molar-refractivity contribution >= 4 is 23.6 Å². The zero-order valence-corrected chi connectivity index (χ0v) is 20.6. The van der Waals surface area contributed by atoms with E-state index in [0.29, 0.717) is 23.4 Å². The van der Waals surface area contributed by atoms with Crippen LogP contribution in [0.5, 0.6) is 0 Å². The molecule has 37 heavy (non-hydrogen) atoms. The number of halogens is 1. The Hall–Kier alpha value is -4.24. The minimum Gasteiger partial charge on any atom is -0.438 e. The second kappa shape index (κ2) is 11.7. The number of hydrogen-bond donors (Lipinski definition) is 2. The predicted octanol–water partition coefficient (Wildman–Crippen LogP) is 4.21. The van der Waals surface area contributed by atoms with Crippen molar-refractivity contribution in [1.82, 2.24) is 10.2 Å². The van der Waals surface area contributed by atoms with Gasteiger partial charge in [0.05, 0.1) is 13.2 Å². The number of cyclic esters (lactones) is 1. The van der Waals surface area contributed by atoms with Gasteiger partial charge in [0.25, 0.3) is 5.91 Å². The number of nitrogens with zero attached hydrogens (tertiary/aromatic N) is 1. The average Bonchev–Trinajstić information content (AvgIpc) is 3.22. The van der Waals surface area contributed by atoms with E-state index in [1.807, 2.05) is 31.2 Å². The molecule has 3 aromatic carbocycles. The first-order chi connectivity index (χ1) is 17.9. The van der Waals surface area contributed by atoms with Gasteiger partial charge in [-0.05, 0) is 54.4 Å². The summed E-state index contributed by atoms with van der Waals surface area (Å²) in [5, 5.41) is 5.57. The standard InChI is InChI=1S/C28H28FN3O5/c1-18-6-8-19(9-7-18)17-32-24(27(34)30-14-15-36-2)25(37-28(32)35)21-4-3-5-23(16-21)31-26(33)20-10-12-22(29)13-11-20/h3-13,16,24-25H,14-15,17H2,1-2H3,(H,30,34)(H,31,33)/t24-,25-/m1/s1. The van der Waals surface area contributed by atoms with Gasteiger partial charge in [0.2, 0.25) is 5.91 Å². The Balaban J connectivity index is 1.58. The minimum absolute atomic E-state index is 0.193. The van der Waals surface area contributed by atoms with Crippen molar-refractivity contribution in [2.75, 3.05) is 25.6 Å². The summed E-state index contributed by atoms with van der Waals surface area (Å²) in [6.45, 7) is 2.76. The zero-order chi connectivity index (χ0) is 26.4. The SMILES string of the molecule is COCCNC(=O)[C@H]1[C@@H](c2cccc(NC(=O)c3ccc(F)cc3)c2)OC(=O)N1Cc1ccc(C)cc1. The highest BCUT2D eigenvalue weighted by Gasteiger charge is 2.47. The average molecular weight is 506 g/mol. The summed E-state index contributed by atoms with van der Waals surface area (Å²) < 4.78 is 23.9. The van der Waals surface area contributed by atoms with Gasteiger partial charge in [0.15, 0.2) is 12.1 Å². The lowest BCUT2D eigenvalue weighted by molar-refractivity contribution is -0.126. The molecule has 9 heteroatoms. The van der Waals surface area contributed by atoms with Gasteiger partial charge >= 0.3 is 6.09 Å². The van der Waals surface area contributed by atoms with Gasteiger partial charge in [-0.3, -0.25) is 14.5 Å². The number of rotatable bonds is 9. The molecule has 0 saturated carbocycles. The van der Waals surface area contributed by atoms with Gasteiger partial charge in [0, 0.05) is 24.9 Å². The molecule has 1 fully saturated rings. The third-order valence-corrected chi connectivity index (χ3v) is 6.01. The number of anilines is 1. The maximum atomic E-state index is 13.2. The van der Waals surface area contributed by atoms with E-state index in [1.165, 1.54) is 36.3 Å². The van der Waals surface area contributed by atoms with Crippen LogP contribution in [0.1, 0.15) is 33.2 Å². The molecule has 1 saturated heterocycles. The van der Waals surface area contributed by atoms with Gasteiger partial charge in [-0.2, -0.15) is 0 Å². The molecule has 1 aliphatic rings. The Morgan fingerprint density at radius 1 is 1.05 bits per heavy atom. The molecule has 0 spiro atoms. The van der Waals surface area contributed by atoms with E-state index in [4.69, 9.17) is 9.47 Å². The van der Waals surface area contributed by atoms with Crippen LogP contribution in [-0.2, 0) is 20.8 Å². The Labute approximate surface area is 214 Å². The first-order valence-electron chi connectivity index (χ1n) is 11.8. The van der Waals surface area contributed by atoms with Crippen molar-refractivity contribution in [2.45, 2.75) is 25.6 Å². The van der Waals surface area contributed by atoms with E-state index in [-0.39, 0.29) is 19.0 Å². The Morgan fingerprint density at radius 3 is 2.49 bits per heavy atom. The van der Waals surface area contributed by atoms with E-state index < -0.39 is 30.0 Å². The monoisotopic (exact) mass is 505 g/mol. The first kappa shape index (κ1) is 25.8. The van der Waals surface area contributed by atoms with Crippen LogP contribution in [0.15, 0.2) is 72.8 Å². The van der Waals surface area contributed by atoms with Gasteiger partial charge in [-0.15, -0.1) is 0 Å². The number of hydrogen-bond acceptors (Lipinski definition) is 5. The number of nitrogens with one attached hydrogen (secondary N) is 2. The number of ether oxygens (including phenoxy) is 2. The molecule has 1 heterocycles. The van der Waals surface area contributed by atoms with E-state index in [2.05, 4.69) is 10.6 Å². The summed E-state index contributed by atoms with van der Waals surface area (Å²) >= 11 is 0. The Kier molecular flexibility index (Phi) is 8.15.